The molecular formula is C5HNO3. The number of hydrogen-bond donors (Lipinski definition) is 0. The van der Waals surface area contributed by atoms with Crippen molar-refractivity contribution >= 4 is 11.9 Å². The molecule has 1 fully saturated rings. The van der Waals surface area contributed by atoms with E-state index < -0.39 is 11.9 Å². The Morgan fingerprint density at radius 1 is 1.56 bits per heavy atom. The van der Waals surface area contributed by atoms with Crippen LogP contribution >= 0.6 is 0 Å². The number of amides is 1. The molecule has 0 aromatic heterocycles. The molecule has 0 radical (unpaired) electrons. The van der Waals surface area contributed by atoms with Crippen LogP contribution in [0.5, 0.6) is 0 Å². The van der Waals surface area contributed by atoms with Crippen LogP contribution in [0.25, 0.3) is 0 Å². The van der Waals surface area contributed by atoms with Crippen molar-refractivity contribution in [2.75, 3.05) is 0 Å². The molecule has 0 unspecified atom stereocenters. The van der Waals surface area contributed by atoms with Gasteiger partial charge >= 0.3 is 11.9 Å². The zero-order valence-electron chi connectivity index (χ0n) is 4.25. The van der Waals surface area contributed by atoms with E-state index >= 15 is 0 Å². The molecule has 4 heteroatoms. The minimum absolute atomic E-state index is 0.213. The molecule has 0 bridgehead atoms. The van der Waals surface area contributed by atoms with Crippen LogP contribution in [-0.2, 0) is 14.3 Å². The van der Waals surface area contributed by atoms with Crippen molar-refractivity contribution in [3.8, 4) is 0 Å². The maximum atomic E-state index is 10.5. The van der Waals surface area contributed by atoms with Crippen molar-refractivity contribution in [1.82, 2.24) is 4.90 Å². The SMILES string of the molecule is O=C1OC2=C=CN2C1=O. The molecule has 1 amide bonds. The number of hydrogen-bond acceptors (Lipinski definition) is 3. The third-order valence-electron chi connectivity index (χ3n) is 1.12. The highest BCUT2D eigenvalue weighted by molar-refractivity contribution is 6.35. The Labute approximate surface area is 50.0 Å². The zero-order chi connectivity index (χ0) is 6.43. The van der Waals surface area contributed by atoms with Crippen molar-refractivity contribution in [3.63, 3.8) is 0 Å². The second-order valence-electron chi connectivity index (χ2n) is 1.64. The molecule has 4 nitrogen and oxygen atoms in total. The minimum Gasteiger partial charge on any atom is -0.394 e. The number of esters is 1. The van der Waals surface area contributed by atoms with Gasteiger partial charge in [0.2, 0.25) is 0 Å². The van der Waals surface area contributed by atoms with Crippen LogP contribution in [0.3, 0.4) is 0 Å². The van der Waals surface area contributed by atoms with Gasteiger partial charge in [0.1, 0.15) is 0 Å². The fourth-order valence-corrected chi connectivity index (χ4v) is 0.641. The van der Waals surface area contributed by atoms with Gasteiger partial charge in [-0.2, -0.15) is 0 Å². The summed E-state index contributed by atoms with van der Waals surface area (Å²) in [5, 5.41) is 0. The Hall–Kier alpha value is -1.54. The lowest BCUT2D eigenvalue weighted by Crippen LogP contribution is -2.23. The maximum absolute atomic E-state index is 10.5. The Morgan fingerprint density at radius 3 is 2.56 bits per heavy atom. The molecule has 0 atom stereocenters. The van der Waals surface area contributed by atoms with Gasteiger partial charge in [0.25, 0.3) is 5.88 Å². The first-order valence-corrected chi connectivity index (χ1v) is 2.31. The van der Waals surface area contributed by atoms with Gasteiger partial charge in [0, 0.05) is 0 Å². The normalized spacial score (nSPS) is 20.9. The van der Waals surface area contributed by atoms with Crippen LogP contribution in [0.15, 0.2) is 17.8 Å². The van der Waals surface area contributed by atoms with Gasteiger partial charge in [-0.1, -0.05) is 0 Å². The summed E-state index contributed by atoms with van der Waals surface area (Å²) in [5.74, 6) is -1.25. The molecular weight excluding hydrogens is 122 g/mol. The molecule has 0 aromatic rings. The standard InChI is InChI=1S/C5HNO3/c7-4-5(8)9-3-1-2-6(3)4/h2H. The van der Waals surface area contributed by atoms with Crippen LogP contribution in [0.2, 0.25) is 0 Å². The Balaban J connectivity index is 2.45. The third kappa shape index (κ3) is 0.339. The number of nitrogens with zero attached hydrogens (tertiary/aromatic N) is 1. The fourth-order valence-electron chi connectivity index (χ4n) is 0.641. The Morgan fingerprint density at radius 2 is 2.33 bits per heavy atom. The highest BCUT2D eigenvalue weighted by atomic mass is 16.6. The van der Waals surface area contributed by atoms with E-state index in [0.29, 0.717) is 0 Å². The van der Waals surface area contributed by atoms with Gasteiger partial charge in [0.15, 0.2) is 0 Å². The van der Waals surface area contributed by atoms with Gasteiger partial charge < -0.3 is 4.74 Å². The molecule has 1 saturated heterocycles. The van der Waals surface area contributed by atoms with E-state index in [2.05, 4.69) is 10.5 Å². The maximum Gasteiger partial charge on any atom is 0.405 e. The first-order valence-electron chi connectivity index (χ1n) is 2.31. The molecule has 2 aliphatic rings. The van der Waals surface area contributed by atoms with E-state index in [1.807, 2.05) is 0 Å². The van der Waals surface area contributed by atoms with Crippen molar-refractivity contribution in [3.05, 3.63) is 17.8 Å². The lowest BCUT2D eigenvalue weighted by atomic mass is 10.5. The molecule has 0 saturated carbocycles. The number of carbonyl (C=O) groups is 2. The quantitative estimate of drug-likeness (QED) is 0.244. The molecule has 9 heavy (non-hydrogen) atoms. The summed E-state index contributed by atoms with van der Waals surface area (Å²) in [4.78, 5) is 22.0. The van der Waals surface area contributed by atoms with Gasteiger partial charge in [0.05, 0.1) is 6.20 Å². The van der Waals surface area contributed by atoms with E-state index in [0.717, 1.165) is 4.90 Å². The minimum atomic E-state index is -0.828. The second kappa shape index (κ2) is 1.06. The number of carbonyl (C=O) groups excluding carboxylic acids is 2. The van der Waals surface area contributed by atoms with E-state index in [1.54, 1.807) is 0 Å². The smallest absolute Gasteiger partial charge is 0.394 e. The van der Waals surface area contributed by atoms with E-state index in [1.165, 1.54) is 6.20 Å². The molecule has 44 valence electrons. The summed E-state index contributed by atoms with van der Waals surface area (Å²) < 4.78 is 4.38. The predicted molar refractivity (Wildman–Crippen MR) is 24.5 cm³/mol. The highest BCUT2D eigenvalue weighted by Crippen LogP contribution is 2.20. The zero-order valence-corrected chi connectivity index (χ0v) is 4.25. The third-order valence-corrected chi connectivity index (χ3v) is 1.12. The summed E-state index contributed by atoms with van der Waals surface area (Å²) in [6.45, 7) is 0. The van der Waals surface area contributed by atoms with Crippen molar-refractivity contribution in [1.29, 1.82) is 0 Å². The molecule has 2 rings (SSSR count). The summed E-state index contributed by atoms with van der Waals surface area (Å²) in [5.41, 5.74) is 2.52. The van der Waals surface area contributed by atoms with Crippen molar-refractivity contribution in [2.24, 2.45) is 0 Å². The van der Waals surface area contributed by atoms with Crippen LogP contribution in [-0.4, -0.2) is 16.8 Å². The Kier molecular flexibility index (Phi) is 0.514. The summed E-state index contributed by atoms with van der Waals surface area (Å²) in [6.07, 6.45) is 1.36. The van der Waals surface area contributed by atoms with Crippen LogP contribution < -0.4 is 0 Å². The summed E-state index contributed by atoms with van der Waals surface area (Å²) in [7, 11) is 0. The lowest BCUT2D eigenvalue weighted by Gasteiger charge is -2.08. The average molecular weight is 123 g/mol. The van der Waals surface area contributed by atoms with Gasteiger partial charge in [-0.3, -0.25) is 4.79 Å². The second-order valence-corrected chi connectivity index (χ2v) is 1.64. The van der Waals surface area contributed by atoms with Crippen molar-refractivity contribution in [2.45, 2.75) is 0 Å². The van der Waals surface area contributed by atoms with Crippen LogP contribution in [0.1, 0.15) is 0 Å². The first kappa shape index (κ1) is 4.35. The Bertz CT molecular complexity index is 272. The monoisotopic (exact) mass is 123 g/mol. The lowest BCUT2D eigenvalue weighted by molar-refractivity contribution is -0.147. The largest absolute Gasteiger partial charge is 0.405 e. The molecule has 0 N–H and O–H groups in total. The summed E-state index contributed by atoms with van der Waals surface area (Å²) >= 11 is 0. The van der Waals surface area contributed by atoms with E-state index in [-0.39, 0.29) is 5.88 Å². The topological polar surface area (TPSA) is 46.6 Å². The molecule has 0 aliphatic carbocycles. The van der Waals surface area contributed by atoms with Gasteiger partial charge in [-0.05, 0) is 5.73 Å². The van der Waals surface area contributed by atoms with Gasteiger partial charge in [-0.25, -0.2) is 9.69 Å². The van der Waals surface area contributed by atoms with E-state index in [4.69, 9.17) is 0 Å². The molecule has 2 aliphatic heterocycles. The molecule has 0 spiro atoms. The van der Waals surface area contributed by atoms with E-state index in [9.17, 15) is 9.59 Å². The number of ether oxygens (including phenoxy) is 1. The van der Waals surface area contributed by atoms with Crippen LogP contribution in [0.4, 0.5) is 0 Å². The average Bonchev–Trinajstić information content (AvgIpc) is 1.92. The van der Waals surface area contributed by atoms with Gasteiger partial charge in [-0.15, -0.1) is 0 Å². The predicted octanol–water partition coefficient (Wildman–Crippen LogP) is -0.661. The highest BCUT2D eigenvalue weighted by Gasteiger charge is 2.38. The summed E-state index contributed by atoms with van der Waals surface area (Å²) in [6, 6.07) is 0. The number of fused-ring (bicyclic) bond motifs is 1. The van der Waals surface area contributed by atoms with Crippen LogP contribution in [0, 0.1) is 0 Å². The van der Waals surface area contributed by atoms with Crippen molar-refractivity contribution < 1.29 is 14.3 Å². The molecule has 0 aromatic carbocycles. The molecule has 2 heterocycles. The first-order chi connectivity index (χ1) is 4.29. The fraction of sp³-hybridized carbons (Fsp3) is 0. The number of rotatable bonds is 0.